The molecule has 0 saturated carbocycles. The predicted octanol–water partition coefficient (Wildman–Crippen LogP) is 4.13. The maximum atomic E-state index is 3.47. The second-order valence-electron chi connectivity index (χ2n) is 5.75. The molecule has 0 spiro atoms. The van der Waals surface area contributed by atoms with Crippen molar-refractivity contribution in [1.82, 2.24) is 4.90 Å². The van der Waals surface area contributed by atoms with Gasteiger partial charge in [0.1, 0.15) is 0 Å². The Morgan fingerprint density at radius 3 is 2.90 bits per heavy atom. The predicted molar refractivity (Wildman–Crippen MR) is 87.3 cm³/mol. The van der Waals surface area contributed by atoms with Crippen LogP contribution in [0.15, 0.2) is 35.7 Å². The molecule has 0 saturated heterocycles. The lowest BCUT2D eigenvalue weighted by Crippen LogP contribution is -2.29. The molecule has 2 nitrogen and oxygen atoms in total. The molecule has 0 bridgehead atoms. The summed E-state index contributed by atoms with van der Waals surface area (Å²) in [5, 5.41) is 5.63. The van der Waals surface area contributed by atoms with Crippen molar-refractivity contribution < 1.29 is 0 Å². The van der Waals surface area contributed by atoms with Crippen LogP contribution in [0, 0.1) is 0 Å². The third kappa shape index (κ3) is 3.05. The highest BCUT2D eigenvalue weighted by molar-refractivity contribution is 7.09. The molecule has 3 heteroatoms. The maximum absolute atomic E-state index is 3.47. The Labute approximate surface area is 125 Å². The van der Waals surface area contributed by atoms with Gasteiger partial charge in [-0.2, -0.15) is 0 Å². The van der Waals surface area contributed by atoms with E-state index in [-0.39, 0.29) is 0 Å². The summed E-state index contributed by atoms with van der Waals surface area (Å²) in [5.41, 5.74) is 4.20. The van der Waals surface area contributed by atoms with Crippen molar-refractivity contribution in [3.63, 3.8) is 0 Å². The average Bonchev–Trinajstić information content (AvgIpc) is 3.07. The Hall–Kier alpha value is -1.32. The largest absolute Gasteiger partial charge is 0.384 e. The zero-order valence-electron chi connectivity index (χ0n) is 12.2. The zero-order valence-corrected chi connectivity index (χ0v) is 13.0. The topological polar surface area (TPSA) is 15.3 Å². The van der Waals surface area contributed by atoms with Gasteiger partial charge in [0.15, 0.2) is 0 Å². The van der Waals surface area contributed by atoms with Gasteiger partial charge in [0.2, 0.25) is 0 Å². The Morgan fingerprint density at radius 1 is 1.25 bits per heavy atom. The van der Waals surface area contributed by atoms with Crippen LogP contribution in [-0.2, 0) is 19.5 Å². The van der Waals surface area contributed by atoms with E-state index in [2.05, 4.69) is 59.8 Å². The molecule has 0 aliphatic carbocycles. The van der Waals surface area contributed by atoms with Crippen LogP contribution in [0.25, 0.3) is 0 Å². The SMILES string of the molecule is CC(C)N(Cc1ccc2c(c1)NCC2)Cc1cccs1. The van der Waals surface area contributed by atoms with Gasteiger partial charge < -0.3 is 5.32 Å². The molecule has 3 rings (SSSR count). The third-order valence-electron chi connectivity index (χ3n) is 3.94. The molecule has 1 aromatic carbocycles. The summed E-state index contributed by atoms with van der Waals surface area (Å²) in [5.74, 6) is 0. The van der Waals surface area contributed by atoms with Gasteiger partial charge in [0.25, 0.3) is 0 Å². The molecule has 2 aromatic rings. The van der Waals surface area contributed by atoms with Gasteiger partial charge in [0.05, 0.1) is 0 Å². The van der Waals surface area contributed by atoms with Crippen LogP contribution in [0.3, 0.4) is 0 Å². The zero-order chi connectivity index (χ0) is 13.9. The van der Waals surface area contributed by atoms with Crippen molar-refractivity contribution in [1.29, 1.82) is 0 Å². The standard InChI is InChI=1S/C17H22N2S/c1-13(2)19(12-16-4-3-9-20-16)11-14-5-6-15-7-8-18-17(15)10-14/h3-6,9-10,13,18H,7-8,11-12H2,1-2H3. The van der Waals surface area contributed by atoms with Crippen LogP contribution in [0.2, 0.25) is 0 Å². The van der Waals surface area contributed by atoms with Crippen LogP contribution < -0.4 is 5.32 Å². The van der Waals surface area contributed by atoms with Gasteiger partial charge in [-0.25, -0.2) is 0 Å². The fourth-order valence-corrected chi connectivity index (χ4v) is 3.42. The minimum atomic E-state index is 0.554. The molecule has 0 unspecified atom stereocenters. The third-order valence-corrected chi connectivity index (χ3v) is 4.80. The molecule has 1 aliphatic heterocycles. The monoisotopic (exact) mass is 286 g/mol. The molecular weight excluding hydrogens is 264 g/mol. The number of thiophene rings is 1. The first-order valence-corrected chi connectivity index (χ1v) is 8.22. The summed E-state index contributed by atoms with van der Waals surface area (Å²) in [4.78, 5) is 3.97. The molecule has 1 aromatic heterocycles. The molecule has 1 aliphatic rings. The number of nitrogens with zero attached hydrogens (tertiary/aromatic N) is 1. The van der Waals surface area contributed by atoms with Crippen LogP contribution in [0.5, 0.6) is 0 Å². The van der Waals surface area contributed by atoms with Gasteiger partial charge >= 0.3 is 0 Å². The lowest BCUT2D eigenvalue weighted by atomic mass is 10.1. The molecular formula is C17H22N2S. The van der Waals surface area contributed by atoms with E-state index in [0.29, 0.717) is 6.04 Å². The number of hydrogen-bond donors (Lipinski definition) is 1. The van der Waals surface area contributed by atoms with Crippen molar-refractivity contribution in [2.45, 2.75) is 39.4 Å². The second-order valence-corrected chi connectivity index (χ2v) is 6.78. The Bertz CT molecular complexity index is 560. The maximum Gasteiger partial charge on any atom is 0.0376 e. The average molecular weight is 286 g/mol. The van der Waals surface area contributed by atoms with E-state index >= 15 is 0 Å². The van der Waals surface area contributed by atoms with Gasteiger partial charge in [-0.05, 0) is 48.9 Å². The highest BCUT2D eigenvalue weighted by atomic mass is 32.1. The fraction of sp³-hybridized carbons (Fsp3) is 0.412. The van der Waals surface area contributed by atoms with E-state index in [9.17, 15) is 0 Å². The van der Waals surface area contributed by atoms with Gasteiger partial charge in [0, 0.05) is 36.2 Å². The Morgan fingerprint density at radius 2 is 2.15 bits per heavy atom. The lowest BCUT2D eigenvalue weighted by Gasteiger charge is -2.26. The van der Waals surface area contributed by atoms with Crippen molar-refractivity contribution in [3.8, 4) is 0 Å². The summed E-state index contributed by atoms with van der Waals surface area (Å²) in [6.45, 7) is 7.70. The number of anilines is 1. The number of benzene rings is 1. The van der Waals surface area contributed by atoms with E-state index in [1.807, 2.05) is 11.3 Å². The van der Waals surface area contributed by atoms with Crippen molar-refractivity contribution in [3.05, 3.63) is 51.7 Å². The second kappa shape index (κ2) is 5.98. The molecule has 0 atom stereocenters. The van der Waals surface area contributed by atoms with Gasteiger partial charge in [-0.15, -0.1) is 11.3 Å². The van der Waals surface area contributed by atoms with E-state index in [1.54, 1.807) is 0 Å². The van der Waals surface area contributed by atoms with Crippen molar-refractivity contribution >= 4 is 17.0 Å². The van der Waals surface area contributed by atoms with E-state index in [0.717, 1.165) is 19.6 Å². The van der Waals surface area contributed by atoms with Gasteiger partial charge in [-0.3, -0.25) is 4.90 Å². The molecule has 0 amide bonds. The van der Waals surface area contributed by atoms with Crippen LogP contribution >= 0.6 is 11.3 Å². The molecule has 20 heavy (non-hydrogen) atoms. The summed E-state index contributed by atoms with van der Waals surface area (Å²) in [6.07, 6.45) is 1.17. The van der Waals surface area contributed by atoms with E-state index in [4.69, 9.17) is 0 Å². The molecule has 2 heterocycles. The number of fused-ring (bicyclic) bond motifs is 1. The summed E-state index contributed by atoms with van der Waals surface area (Å²) in [6, 6.07) is 11.8. The summed E-state index contributed by atoms with van der Waals surface area (Å²) in [7, 11) is 0. The summed E-state index contributed by atoms with van der Waals surface area (Å²) < 4.78 is 0. The number of rotatable bonds is 5. The minimum Gasteiger partial charge on any atom is -0.384 e. The van der Waals surface area contributed by atoms with Gasteiger partial charge in [-0.1, -0.05) is 18.2 Å². The van der Waals surface area contributed by atoms with E-state index < -0.39 is 0 Å². The number of hydrogen-bond acceptors (Lipinski definition) is 3. The molecule has 106 valence electrons. The minimum absolute atomic E-state index is 0.554. The summed E-state index contributed by atoms with van der Waals surface area (Å²) >= 11 is 1.85. The molecule has 0 fully saturated rings. The van der Waals surface area contributed by atoms with Crippen molar-refractivity contribution in [2.75, 3.05) is 11.9 Å². The first-order valence-electron chi connectivity index (χ1n) is 7.34. The Balaban J connectivity index is 1.73. The first-order chi connectivity index (χ1) is 9.72. The highest BCUT2D eigenvalue weighted by Crippen LogP contribution is 2.25. The molecule has 0 radical (unpaired) electrons. The quantitative estimate of drug-likeness (QED) is 0.889. The number of nitrogens with one attached hydrogen (secondary N) is 1. The lowest BCUT2D eigenvalue weighted by molar-refractivity contribution is 0.205. The van der Waals surface area contributed by atoms with Crippen LogP contribution in [0.1, 0.15) is 29.9 Å². The fourth-order valence-electron chi connectivity index (χ4n) is 2.69. The molecule has 1 N–H and O–H groups in total. The Kier molecular flexibility index (Phi) is 4.08. The van der Waals surface area contributed by atoms with E-state index in [1.165, 1.54) is 28.1 Å². The van der Waals surface area contributed by atoms with Crippen molar-refractivity contribution in [2.24, 2.45) is 0 Å². The smallest absolute Gasteiger partial charge is 0.0376 e. The van der Waals surface area contributed by atoms with Crippen LogP contribution in [0.4, 0.5) is 5.69 Å². The normalized spacial score (nSPS) is 13.8. The van der Waals surface area contributed by atoms with Crippen LogP contribution in [-0.4, -0.2) is 17.5 Å². The first kappa shape index (κ1) is 13.7. The highest BCUT2D eigenvalue weighted by Gasteiger charge is 2.14.